The highest BCUT2D eigenvalue weighted by Gasteiger charge is 2.20. The Morgan fingerprint density at radius 1 is 1.42 bits per heavy atom. The van der Waals surface area contributed by atoms with Crippen molar-refractivity contribution in [2.24, 2.45) is 17.4 Å². The SMILES string of the molecule is Cl.NC(=O)CC1CCCC(N)C1. The summed E-state index contributed by atoms with van der Waals surface area (Å²) in [6.07, 6.45) is 4.88. The molecule has 1 aliphatic rings. The molecule has 0 aromatic rings. The monoisotopic (exact) mass is 192 g/mol. The minimum absolute atomic E-state index is 0. The summed E-state index contributed by atoms with van der Waals surface area (Å²) in [7, 11) is 0. The molecule has 72 valence electrons. The van der Waals surface area contributed by atoms with E-state index in [1.54, 1.807) is 0 Å². The average molecular weight is 193 g/mol. The van der Waals surface area contributed by atoms with Crippen molar-refractivity contribution in [3.8, 4) is 0 Å². The van der Waals surface area contributed by atoms with E-state index in [2.05, 4.69) is 0 Å². The number of primary amides is 1. The van der Waals surface area contributed by atoms with E-state index in [9.17, 15) is 4.79 Å². The van der Waals surface area contributed by atoms with Gasteiger partial charge in [0, 0.05) is 12.5 Å². The van der Waals surface area contributed by atoms with Crippen molar-refractivity contribution >= 4 is 18.3 Å². The lowest BCUT2D eigenvalue weighted by molar-refractivity contribution is -0.119. The molecular formula is C8H17ClN2O. The van der Waals surface area contributed by atoms with Gasteiger partial charge in [0.05, 0.1) is 0 Å². The van der Waals surface area contributed by atoms with Crippen LogP contribution in [0.15, 0.2) is 0 Å². The lowest BCUT2D eigenvalue weighted by Crippen LogP contribution is -2.30. The standard InChI is InChI=1S/C8H16N2O.ClH/c9-7-3-1-2-6(4-7)5-8(10)11;/h6-7H,1-5,9H2,(H2,10,11);1H. The summed E-state index contributed by atoms with van der Waals surface area (Å²) >= 11 is 0. The Hall–Kier alpha value is -0.280. The first-order chi connectivity index (χ1) is 5.18. The van der Waals surface area contributed by atoms with Gasteiger partial charge in [-0.3, -0.25) is 4.79 Å². The molecule has 3 nitrogen and oxygen atoms in total. The van der Waals surface area contributed by atoms with E-state index in [1.807, 2.05) is 0 Å². The average Bonchev–Trinajstić information content (AvgIpc) is 1.85. The number of carbonyl (C=O) groups is 1. The third-order valence-electron chi connectivity index (χ3n) is 2.31. The van der Waals surface area contributed by atoms with Crippen LogP contribution < -0.4 is 11.5 Å². The van der Waals surface area contributed by atoms with E-state index in [0.717, 1.165) is 25.7 Å². The van der Waals surface area contributed by atoms with E-state index in [1.165, 1.54) is 0 Å². The molecule has 1 rings (SSSR count). The van der Waals surface area contributed by atoms with Crippen LogP contribution in [0.25, 0.3) is 0 Å². The minimum Gasteiger partial charge on any atom is -0.370 e. The smallest absolute Gasteiger partial charge is 0.217 e. The van der Waals surface area contributed by atoms with E-state index in [4.69, 9.17) is 11.5 Å². The number of carbonyl (C=O) groups excluding carboxylic acids is 1. The third-order valence-corrected chi connectivity index (χ3v) is 2.31. The zero-order chi connectivity index (χ0) is 8.27. The van der Waals surface area contributed by atoms with Crippen LogP contribution in [-0.4, -0.2) is 11.9 Å². The lowest BCUT2D eigenvalue weighted by atomic mass is 9.84. The molecule has 1 aliphatic carbocycles. The summed E-state index contributed by atoms with van der Waals surface area (Å²) in [5, 5.41) is 0. The molecular weight excluding hydrogens is 176 g/mol. The first kappa shape index (κ1) is 11.7. The molecule has 0 radical (unpaired) electrons. The molecule has 2 unspecified atom stereocenters. The van der Waals surface area contributed by atoms with Crippen molar-refractivity contribution < 1.29 is 4.79 Å². The molecule has 0 bridgehead atoms. The van der Waals surface area contributed by atoms with Crippen molar-refractivity contribution in [2.45, 2.75) is 38.1 Å². The van der Waals surface area contributed by atoms with E-state index < -0.39 is 0 Å². The number of hydrogen-bond donors (Lipinski definition) is 2. The maximum Gasteiger partial charge on any atom is 0.217 e. The number of amides is 1. The highest BCUT2D eigenvalue weighted by atomic mass is 35.5. The molecule has 1 amide bonds. The molecule has 12 heavy (non-hydrogen) atoms. The van der Waals surface area contributed by atoms with Crippen molar-refractivity contribution in [3.63, 3.8) is 0 Å². The second kappa shape index (κ2) is 5.38. The fourth-order valence-corrected chi connectivity index (χ4v) is 1.80. The molecule has 0 spiro atoms. The molecule has 0 saturated heterocycles. The number of rotatable bonds is 2. The molecule has 0 aromatic heterocycles. The van der Waals surface area contributed by atoms with Gasteiger partial charge in [0.2, 0.25) is 5.91 Å². The Labute approximate surface area is 79.3 Å². The predicted molar refractivity (Wildman–Crippen MR) is 51.0 cm³/mol. The Morgan fingerprint density at radius 3 is 2.58 bits per heavy atom. The van der Waals surface area contributed by atoms with Gasteiger partial charge in [-0.1, -0.05) is 6.42 Å². The number of nitrogens with two attached hydrogens (primary N) is 2. The van der Waals surface area contributed by atoms with Crippen LogP contribution in [-0.2, 0) is 4.79 Å². The van der Waals surface area contributed by atoms with Gasteiger partial charge in [0.1, 0.15) is 0 Å². The molecule has 0 heterocycles. The molecule has 1 saturated carbocycles. The Morgan fingerprint density at radius 2 is 2.08 bits per heavy atom. The maximum absolute atomic E-state index is 10.6. The highest BCUT2D eigenvalue weighted by Crippen LogP contribution is 2.25. The van der Waals surface area contributed by atoms with Crippen molar-refractivity contribution in [2.75, 3.05) is 0 Å². The Balaban J connectivity index is 0.00000121. The van der Waals surface area contributed by atoms with Gasteiger partial charge >= 0.3 is 0 Å². The zero-order valence-corrected chi connectivity index (χ0v) is 7.98. The third kappa shape index (κ3) is 3.93. The summed E-state index contributed by atoms with van der Waals surface area (Å²) in [6, 6.07) is 0.299. The lowest BCUT2D eigenvalue weighted by Gasteiger charge is -2.25. The predicted octanol–water partition coefficient (Wildman–Crippen LogP) is 0.801. The molecule has 1 fully saturated rings. The Bertz CT molecular complexity index is 152. The minimum atomic E-state index is -0.191. The largest absolute Gasteiger partial charge is 0.370 e. The number of halogens is 1. The highest BCUT2D eigenvalue weighted by molar-refractivity contribution is 5.85. The van der Waals surface area contributed by atoms with Crippen LogP contribution in [0, 0.1) is 5.92 Å². The number of hydrogen-bond acceptors (Lipinski definition) is 2. The van der Waals surface area contributed by atoms with Crippen molar-refractivity contribution in [1.29, 1.82) is 0 Å². The second-order valence-electron chi connectivity index (χ2n) is 3.46. The summed E-state index contributed by atoms with van der Waals surface area (Å²) in [5.74, 6) is 0.264. The summed E-state index contributed by atoms with van der Waals surface area (Å²) in [4.78, 5) is 10.6. The first-order valence-corrected chi connectivity index (χ1v) is 4.22. The van der Waals surface area contributed by atoms with Crippen molar-refractivity contribution in [3.05, 3.63) is 0 Å². The fraction of sp³-hybridized carbons (Fsp3) is 0.875. The normalized spacial score (nSPS) is 29.1. The maximum atomic E-state index is 10.6. The zero-order valence-electron chi connectivity index (χ0n) is 7.16. The van der Waals surface area contributed by atoms with Gasteiger partial charge in [-0.25, -0.2) is 0 Å². The van der Waals surface area contributed by atoms with Gasteiger partial charge in [-0.2, -0.15) is 0 Å². The molecule has 4 heteroatoms. The molecule has 4 N–H and O–H groups in total. The van der Waals surface area contributed by atoms with Crippen LogP contribution in [0.3, 0.4) is 0 Å². The summed E-state index contributed by atoms with van der Waals surface area (Å²) in [5.41, 5.74) is 10.8. The van der Waals surface area contributed by atoms with E-state index >= 15 is 0 Å². The summed E-state index contributed by atoms with van der Waals surface area (Å²) < 4.78 is 0. The van der Waals surface area contributed by atoms with Crippen molar-refractivity contribution in [1.82, 2.24) is 0 Å². The van der Waals surface area contributed by atoms with Crippen LogP contribution in [0.4, 0.5) is 0 Å². The molecule has 2 atom stereocenters. The first-order valence-electron chi connectivity index (χ1n) is 4.22. The molecule has 0 aliphatic heterocycles. The van der Waals surface area contributed by atoms with Gasteiger partial charge < -0.3 is 11.5 Å². The summed E-state index contributed by atoms with van der Waals surface area (Å²) in [6.45, 7) is 0. The van der Waals surface area contributed by atoms with Crippen LogP contribution in [0.2, 0.25) is 0 Å². The quantitative estimate of drug-likeness (QED) is 0.680. The second-order valence-corrected chi connectivity index (χ2v) is 3.46. The Kier molecular flexibility index (Phi) is 5.25. The van der Waals surface area contributed by atoms with Gasteiger partial charge in [0.25, 0.3) is 0 Å². The van der Waals surface area contributed by atoms with Gasteiger partial charge in [-0.05, 0) is 25.2 Å². The topological polar surface area (TPSA) is 69.1 Å². The van der Waals surface area contributed by atoms with Crippen LogP contribution >= 0.6 is 12.4 Å². The fourth-order valence-electron chi connectivity index (χ4n) is 1.80. The van der Waals surface area contributed by atoms with Crippen LogP contribution in [0.1, 0.15) is 32.1 Å². The van der Waals surface area contributed by atoms with E-state index in [-0.39, 0.29) is 18.3 Å². The van der Waals surface area contributed by atoms with E-state index in [0.29, 0.717) is 18.4 Å². The van der Waals surface area contributed by atoms with Gasteiger partial charge in [-0.15, -0.1) is 12.4 Å². The molecule has 0 aromatic carbocycles. The van der Waals surface area contributed by atoms with Crippen LogP contribution in [0.5, 0.6) is 0 Å². The van der Waals surface area contributed by atoms with Gasteiger partial charge in [0.15, 0.2) is 0 Å².